The summed E-state index contributed by atoms with van der Waals surface area (Å²) in [5.41, 5.74) is 1.89. The predicted molar refractivity (Wildman–Crippen MR) is 71.7 cm³/mol. The Labute approximate surface area is 105 Å². The summed E-state index contributed by atoms with van der Waals surface area (Å²) < 4.78 is 15.4. The van der Waals surface area contributed by atoms with Crippen LogP contribution in [0.2, 0.25) is 5.02 Å². The van der Waals surface area contributed by atoms with E-state index in [9.17, 15) is 4.55 Å². The number of rotatable bonds is 2. The Morgan fingerprint density at radius 1 is 1.38 bits per heavy atom. The molecule has 1 aromatic rings. The smallest absolute Gasteiger partial charge is 0.144 e. The highest BCUT2D eigenvalue weighted by Crippen LogP contribution is 2.19. The standard InChI is InChI=1S/C12H16ClNOS/c1-9-5-6-10(11(13)7-9)8-14-16(15)12(2,3)4/h5-8H,1-4H3. The normalized spacial score (nSPS) is 14.4. The lowest BCUT2D eigenvalue weighted by Crippen LogP contribution is -2.25. The minimum Gasteiger partial charge on any atom is -0.591 e. The van der Waals surface area contributed by atoms with Crippen molar-refractivity contribution in [3.63, 3.8) is 0 Å². The van der Waals surface area contributed by atoms with Crippen LogP contribution in [0.5, 0.6) is 0 Å². The van der Waals surface area contributed by atoms with Gasteiger partial charge in [0.25, 0.3) is 0 Å². The second-order valence-corrected chi connectivity index (χ2v) is 6.96. The average Bonchev–Trinajstić information content (AvgIpc) is 2.14. The van der Waals surface area contributed by atoms with Crippen molar-refractivity contribution in [2.75, 3.05) is 0 Å². The Bertz CT molecular complexity index is 398. The van der Waals surface area contributed by atoms with Gasteiger partial charge >= 0.3 is 0 Å². The molecule has 0 fully saturated rings. The number of nitrogens with zero attached hydrogens (tertiary/aromatic N) is 1. The van der Waals surface area contributed by atoms with Crippen LogP contribution in [0.1, 0.15) is 31.9 Å². The van der Waals surface area contributed by atoms with E-state index in [0.717, 1.165) is 11.1 Å². The molecule has 0 saturated carbocycles. The fraction of sp³-hybridized carbons (Fsp3) is 0.417. The first-order valence-corrected chi connectivity index (χ1v) is 6.51. The van der Waals surface area contributed by atoms with Gasteiger partial charge in [0.2, 0.25) is 0 Å². The van der Waals surface area contributed by atoms with E-state index < -0.39 is 11.4 Å². The minimum absolute atomic E-state index is 0.340. The maximum absolute atomic E-state index is 11.7. The molecule has 0 aromatic heterocycles. The summed E-state index contributed by atoms with van der Waals surface area (Å²) in [5.74, 6) is 0. The van der Waals surface area contributed by atoms with Crippen molar-refractivity contribution in [2.45, 2.75) is 32.4 Å². The molecule has 0 aliphatic rings. The molecule has 0 spiro atoms. The molecule has 1 unspecified atom stereocenters. The quantitative estimate of drug-likeness (QED) is 0.590. The van der Waals surface area contributed by atoms with E-state index in [0.29, 0.717) is 5.02 Å². The Morgan fingerprint density at radius 2 is 2.00 bits per heavy atom. The number of aryl methyl sites for hydroxylation is 1. The molecular formula is C12H16ClNOS. The van der Waals surface area contributed by atoms with Crippen molar-refractivity contribution in [2.24, 2.45) is 4.40 Å². The second kappa shape index (κ2) is 5.21. The highest BCUT2D eigenvalue weighted by atomic mass is 35.5. The van der Waals surface area contributed by atoms with Crippen LogP contribution in [0, 0.1) is 6.92 Å². The first-order valence-electron chi connectivity index (χ1n) is 5.03. The molecule has 1 atom stereocenters. The van der Waals surface area contributed by atoms with E-state index in [1.807, 2.05) is 45.9 Å². The van der Waals surface area contributed by atoms with Crippen LogP contribution < -0.4 is 0 Å². The maximum Gasteiger partial charge on any atom is 0.144 e. The molecule has 0 aliphatic heterocycles. The number of hydrogen-bond acceptors (Lipinski definition) is 2. The lowest BCUT2D eigenvalue weighted by Gasteiger charge is -2.17. The zero-order chi connectivity index (χ0) is 12.3. The molecule has 2 nitrogen and oxygen atoms in total. The zero-order valence-corrected chi connectivity index (χ0v) is 11.5. The van der Waals surface area contributed by atoms with Gasteiger partial charge in [0.05, 0.1) is 6.21 Å². The van der Waals surface area contributed by atoms with E-state index >= 15 is 0 Å². The van der Waals surface area contributed by atoms with Gasteiger partial charge in [0.15, 0.2) is 0 Å². The van der Waals surface area contributed by atoms with E-state index in [1.54, 1.807) is 6.21 Å². The van der Waals surface area contributed by atoms with Crippen molar-refractivity contribution in [1.29, 1.82) is 0 Å². The van der Waals surface area contributed by atoms with Crippen LogP contribution in [0.25, 0.3) is 0 Å². The van der Waals surface area contributed by atoms with Gasteiger partial charge in [-0.15, -0.1) is 0 Å². The monoisotopic (exact) mass is 257 g/mol. The molecule has 0 amide bonds. The highest BCUT2D eigenvalue weighted by Gasteiger charge is 2.25. The van der Waals surface area contributed by atoms with Gasteiger partial charge in [-0.05, 0) is 39.3 Å². The number of benzene rings is 1. The van der Waals surface area contributed by atoms with Crippen LogP contribution in [0.15, 0.2) is 22.6 Å². The molecular weight excluding hydrogens is 242 g/mol. The van der Waals surface area contributed by atoms with Gasteiger partial charge in [0, 0.05) is 10.6 Å². The van der Waals surface area contributed by atoms with Crippen LogP contribution in [0.4, 0.5) is 0 Å². The van der Waals surface area contributed by atoms with Gasteiger partial charge in [-0.1, -0.05) is 28.1 Å². The summed E-state index contributed by atoms with van der Waals surface area (Å²) in [5, 5.41) is 0.634. The van der Waals surface area contributed by atoms with Gasteiger partial charge in [-0.2, -0.15) is 0 Å². The maximum atomic E-state index is 11.7. The molecule has 1 rings (SSSR count). The Balaban J connectivity index is 2.85. The summed E-state index contributed by atoms with van der Waals surface area (Å²) in [6, 6.07) is 5.69. The largest absolute Gasteiger partial charge is 0.591 e. The van der Waals surface area contributed by atoms with E-state index in [1.165, 1.54) is 0 Å². The molecule has 16 heavy (non-hydrogen) atoms. The summed E-state index contributed by atoms with van der Waals surface area (Å²) in [7, 11) is 0. The zero-order valence-electron chi connectivity index (χ0n) is 9.95. The van der Waals surface area contributed by atoms with Gasteiger partial charge in [-0.3, -0.25) is 0 Å². The molecule has 4 heteroatoms. The summed E-state index contributed by atoms with van der Waals surface area (Å²) >= 11 is 4.80. The Kier molecular flexibility index (Phi) is 4.42. The van der Waals surface area contributed by atoms with Crippen molar-refractivity contribution in [1.82, 2.24) is 0 Å². The Morgan fingerprint density at radius 3 is 2.50 bits per heavy atom. The third-order valence-electron chi connectivity index (χ3n) is 1.97. The van der Waals surface area contributed by atoms with Crippen LogP contribution >= 0.6 is 11.6 Å². The topological polar surface area (TPSA) is 35.4 Å². The Hall–Kier alpha value is -0.510. The van der Waals surface area contributed by atoms with E-state index in [2.05, 4.69) is 4.40 Å². The molecule has 0 heterocycles. The van der Waals surface area contributed by atoms with Crippen LogP contribution in [0.3, 0.4) is 0 Å². The van der Waals surface area contributed by atoms with E-state index in [-0.39, 0.29) is 4.75 Å². The molecule has 0 N–H and O–H groups in total. The summed E-state index contributed by atoms with van der Waals surface area (Å²) in [4.78, 5) is 0. The molecule has 88 valence electrons. The molecule has 1 aromatic carbocycles. The first kappa shape index (κ1) is 13.6. The van der Waals surface area contributed by atoms with Crippen molar-refractivity contribution in [3.05, 3.63) is 34.3 Å². The summed E-state index contributed by atoms with van der Waals surface area (Å²) in [6.07, 6.45) is 1.57. The van der Waals surface area contributed by atoms with Crippen molar-refractivity contribution >= 4 is 29.2 Å². The third kappa shape index (κ3) is 3.81. The van der Waals surface area contributed by atoms with Gasteiger partial charge in [0.1, 0.15) is 16.1 Å². The van der Waals surface area contributed by atoms with Gasteiger partial charge in [-0.25, -0.2) is 0 Å². The average molecular weight is 258 g/mol. The fourth-order valence-electron chi connectivity index (χ4n) is 1.000. The van der Waals surface area contributed by atoms with Crippen LogP contribution in [-0.4, -0.2) is 15.5 Å². The molecule has 0 bridgehead atoms. The highest BCUT2D eigenvalue weighted by molar-refractivity contribution is 7.91. The third-order valence-corrected chi connectivity index (χ3v) is 3.64. The molecule has 0 radical (unpaired) electrons. The molecule has 0 saturated heterocycles. The number of hydrogen-bond donors (Lipinski definition) is 0. The van der Waals surface area contributed by atoms with Crippen LogP contribution in [-0.2, 0) is 11.4 Å². The van der Waals surface area contributed by atoms with Gasteiger partial charge < -0.3 is 4.55 Å². The second-order valence-electron chi connectivity index (χ2n) is 4.62. The number of halogens is 1. The SMILES string of the molecule is Cc1ccc(C=N[S+]([O-])C(C)(C)C)c(Cl)c1. The summed E-state index contributed by atoms with van der Waals surface area (Å²) in [6.45, 7) is 7.63. The van der Waals surface area contributed by atoms with Crippen molar-refractivity contribution < 1.29 is 4.55 Å². The predicted octanol–water partition coefficient (Wildman–Crippen LogP) is 3.53. The lowest BCUT2D eigenvalue weighted by molar-refractivity contribution is 0.562. The fourth-order valence-corrected chi connectivity index (χ4v) is 1.81. The minimum atomic E-state index is -1.24. The van der Waals surface area contributed by atoms with Crippen molar-refractivity contribution in [3.8, 4) is 0 Å². The van der Waals surface area contributed by atoms with E-state index in [4.69, 9.17) is 11.6 Å². The molecule has 0 aliphatic carbocycles. The lowest BCUT2D eigenvalue weighted by atomic mass is 10.2. The first-order chi connectivity index (χ1) is 7.30.